The van der Waals surface area contributed by atoms with Crippen LogP contribution in [0.5, 0.6) is 0 Å². The highest BCUT2D eigenvalue weighted by molar-refractivity contribution is 14.1. The van der Waals surface area contributed by atoms with Gasteiger partial charge in [-0.3, -0.25) is 4.90 Å². The Labute approximate surface area is 121 Å². The molecule has 0 saturated carbocycles. The molecule has 0 aliphatic carbocycles. The van der Waals surface area contributed by atoms with E-state index in [0.29, 0.717) is 15.3 Å². The molecule has 1 heterocycles. The fourth-order valence-corrected chi connectivity index (χ4v) is 3.00. The molecular weight excluding hydrogens is 344 g/mol. The first kappa shape index (κ1) is 13.9. The van der Waals surface area contributed by atoms with Crippen molar-refractivity contribution < 1.29 is 4.39 Å². The summed E-state index contributed by atoms with van der Waals surface area (Å²) < 4.78 is 14.2. The van der Waals surface area contributed by atoms with Crippen molar-refractivity contribution in [3.8, 4) is 0 Å². The summed E-state index contributed by atoms with van der Waals surface area (Å²) in [6.07, 6.45) is 0. The summed E-state index contributed by atoms with van der Waals surface area (Å²) in [5, 5.41) is 0. The number of rotatable bonds is 2. The molecule has 0 bridgehead atoms. The Bertz CT molecular complexity index is 438. The molecule has 1 aliphatic rings. The average Bonchev–Trinajstić information content (AvgIpc) is 2.33. The van der Waals surface area contributed by atoms with E-state index in [0.717, 1.165) is 31.9 Å². The van der Waals surface area contributed by atoms with Crippen molar-refractivity contribution in [3.05, 3.63) is 21.5 Å². The Morgan fingerprint density at radius 2 is 2.17 bits per heavy atom. The zero-order valence-electron chi connectivity index (χ0n) is 10.8. The maximum absolute atomic E-state index is 13.7. The monoisotopic (exact) mass is 363 g/mol. The molecule has 1 aliphatic heterocycles. The molecule has 100 valence electrons. The number of piperazine rings is 1. The summed E-state index contributed by atoms with van der Waals surface area (Å²) in [4.78, 5) is 4.61. The van der Waals surface area contributed by atoms with E-state index in [1.54, 1.807) is 12.1 Å². The predicted molar refractivity (Wildman–Crippen MR) is 82.5 cm³/mol. The highest BCUT2D eigenvalue weighted by atomic mass is 127. The predicted octanol–water partition coefficient (Wildman–Crippen LogP) is 2.54. The van der Waals surface area contributed by atoms with Crippen LogP contribution in [-0.2, 0) is 0 Å². The van der Waals surface area contributed by atoms with E-state index in [4.69, 9.17) is 5.73 Å². The normalized spacial score (nSPS) is 21.3. The van der Waals surface area contributed by atoms with Gasteiger partial charge in [-0.2, -0.15) is 0 Å². The minimum atomic E-state index is -0.189. The molecule has 2 rings (SSSR count). The van der Waals surface area contributed by atoms with E-state index in [9.17, 15) is 4.39 Å². The summed E-state index contributed by atoms with van der Waals surface area (Å²) in [7, 11) is 0. The standard InChI is InChI=1S/C13H19FIN3/c1-3-17-4-5-18(8-9(17)2)13-6-10(14)11(15)7-12(13)16/h6-7,9H,3-5,8,16H2,1-2H3. The average molecular weight is 363 g/mol. The number of hydrogen-bond donors (Lipinski definition) is 1. The highest BCUT2D eigenvalue weighted by Gasteiger charge is 2.24. The lowest BCUT2D eigenvalue weighted by Gasteiger charge is -2.40. The lowest BCUT2D eigenvalue weighted by atomic mass is 10.1. The summed E-state index contributed by atoms with van der Waals surface area (Å²) in [6.45, 7) is 8.25. The van der Waals surface area contributed by atoms with Crippen LogP contribution in [0.4, 0.5) is 15.8 Å². The fraction of sp³-hybridized carbons (Fsp3) is 0.538. The molecule has 0 radical (unpaired) electrons. The number of nitrogen functional groups attached to an aromatic ring is 1. The van der Waals surface area contributed by atoms with Crippen LogP contribution >= 0.6 is 22.6 Å². The fourth-order valence-electron chi connectivity index (χ4n) is 2.51. The second-order valence-electron chi connectivity index (χ2n) is 4.75. The van der Waals surface area contributed by atoms with Gasteiger partial charge in [0.15, 0.2) is 0 Å². The van der Waals surface area contributed by atoms with Gasteiger partial charge in [0.25, 0.3) is 0 Å². The maximum atomic E-state index is 13.7. The molecule has 0 aromatic heterocycles. The minimum Gasteiger partial charge on any atom is -0.397 e. The van der Waals surface area contributed by atoms with Crippen molar-refractivity contribution in [2.24, 2.45) is 0 Å². The molecule has 0 amide bonds. The second-order valence-corrected chi connectivity index (χ2v) is 5.91. The smallest absolute Gasteiger partial charge is 0.138 e. The van der Waals surface area contributed by atoms with Crippen LogP contribution in [0.15, 0.2) is 12.1 Å². The summed E-state index contributed by atoms with van der Waals surface area (Å²) in [6, 6.07) is 3.75. The molecule has 2 N–H and O–H groups in total. The molecule has 18 heavy (non-hydrogen) atoms. The second kappa shape index (κ2) is 5.61. The molecule has 0 spiro atoms. The summed E-state index contributed by atoms with van der Waals surface area (Å²) in [5.41, 5.74) is 7.50. The van der Waals surface area contributed by atoms with Gasteiger partial charge in [-0.25, -0.2) is 4.39 Å². The van der Waals surface area contributed by atoms with E-state index in [2.05, 4.69) is 23.6 Å². The zero-order valence-corrected chi connectivity index (χ0v) is 12.9. The molecule has 1 atom stereocenters. The van der Waals surface area contributed by atoms with Gasteiger partial charge in [0.1, 0.15) is 5.82 Å². The summed E-state index contributed by atoms with van der Waals surface area (Å²) in [5.74, 6) is -0.189. The van der Waals surface area contributed by atoms with Gasteiger partial charge < -0.3 is 10.6 Å². The number of likely N-dealkylation sites (N-methyl/N-ethyl adjacent to an activating group) is 1. The highest BCUT2D eigenvalue weighted by Crippen LogP contribution is 2.29. The number of hydrogen-bond acceptors (Lipinski definition) is 3. The van der Waals surface area contributed by atoms with Crippen molar-refractivity contribution in [2.75, 3.05) is 36.8 Å². The van der Waals surface area contributed by atoms with E-state index in [1.807, 2.05) is 22.6 Å². The molecule has 1 saturated heterocycles. The van der Waals surface area contributed by atoms with E-state index >= 15 is 0 Å². The van der Waals surface area contributed by atoms with Gasteiger partial charge in [0, 0.05) is 31.7 Å². The Kier molecular flexibility index (Phi) is 4.32. The van der Waals surface area contributed by atoms with Crippen LogP contribution in [0.2, 0.25) is 0 Å². The molecule has 1 unspecified atom stereocenters. The third-order valence-corrected chi connectivity index (χ3v) is 4.41. The van der Waals surface area contributed by atoms with E-state index in [1.165, 1.54) is 0 Å². The Hall–Kier alpha value is -0.560. The molecular formula is C13H19FIN3. The Balaban J connectivity index is 2.20. The van der Waals surface area contributed by atoms with Crippen molar-refractivity contribution in [3.63, 3.8) is 0 Å². The topological polar surface area (TPSA) is 32.5 Å². The van der Waals surface area contributed by atoms with Gasteiger partial charge in [0.2, 0.25) is 0 Å². The zero-order chi connectivity index (χ0) is 13.3. The Morgan fingerprint density at radius 1 is 1.44 bits per heavy atom. The third kappa shape index (κ3) is 2.71. The number of halogens is 2. The van der Waals surface area contributed by atoms with Gasteiger partial charge in [0.05, 0.1) is 14.9 Å². The Morgan fingerprint density at radius 3 is 2.78 bits per heavy atom. The first-order chi connectivity index (χ1) is 8.52. The van der Waals surface area contributed by atoms with Gasteiger partial charge in [-0.15, -0.1) is 0 Å². The lowest BCUT2D eigenvalue weighted by molar-refractivity contribution is 0.199. The van der Waals surface area contributed by atoms with E-state index < -0.39 is 0 Å². The van der Waals surface area contributed by atoms with Crippen molar-refractivity contribution in [2.45, 2.75) is 19.9 Å². The third-order valence-electron chi connectivity index (χ3n) is 3.58. The van der Waals surface area contributed by atoms with Crippen LogP contribution in [0.1, 0.15) is 13.8 Å². The molecule has 1 aromatic carbocycles. The van der Waals surface area contributed by atoms with Crippen molar-refractivity contribution in [1.82, 2.24) is 4.90 Å². The molecule has 3 nitrogen and oxygen atoms in total. The largest absolute Gasteiger partial charge is 0.397 e. The van der Waals surface area contributed by atoms with Gasteiger partial charge >= 0.3 is 0 Å². The van der Waals surface area contributed by atoms with Crippen LogP contribution in [0, 0.1) is 9.39 Å². The molecule has 1 fully saturated rings. The van der Waals surface area contributed by atoms with Crippen molar-refractivity contribution >= 4 is 34.0 Å². The first-order valence-electron chi connectivity index (χ1n) is 6.26. The van der Waals surface area contributed by atoms with Gasteiger partial charge in [-0.1, -0.05) is 6.92 Å². The summed E-state index contributed by atoms with van der Waals surface area (Å²) >= 11 is 1.97. The van der Waals surface area contributed by atoms with Crippen LogP contribution in [-0.4, -0.2) is 37.1 Å². The maximum Gasteiger partial charge on any atom is 0.138 e. The molecule has 1 aromatic rings. The number of anilines is 2. The van der Waals surface area contributed by atoms with E-state index in [-0.39, 0.29) is 5.82 Å². The quantitative estimate of drug-likeness (QED) is 0.648. The minimum absolute atomic E-state index is 0.189. The molecule has 5 heteroatoms. The number of nitrogens with two attached hydrogens (primary N) is 1. The number of nitrogens with zero attached hydrogens (tertiary/aromatic N) is 2. The SMILES string of the molecule is CCN1CCN(c2cc(F)c(I)cc2N)CC1C. The van der Waals surface area contributed by atoms with Crippen LogP contribution < -0.4 is 10.6 Å². The van der Waals surface area contributed by atoms with Crippen LogP contribution in [0.3, 0.4) is 0 Å². The first-order valence-corrected chi connectivity index (χ1v) is 7.34. The van der Waals surface area contributed by atoms with Crippen LogP contribution in [0.25, 0.3) is 0 Å². The lowest BCUT2D eigenvalue weighted by Crippen LogP contribution is -2.51. The number of benzene rings is 1. The van der Waals surface area contributed by atoms with Gasteiger partial charge in [-0.05, 0) is 42.1 Å². The van der Waals surface area contributed by atoms with Crippen molar-refractivity contribution in [1.29, 1.82) is 0 Å².